The maximum atomic E-state index is 10.0. The SMILES string of the molecule is Oc1c(Cl)cc(Cl)cc1C=Nc1ccc2oc(Cc3ccc(Cl)cc3)nc2c1. The molecule has 0 aliphatic carbocycles. The second kappa shape index (κ2) is 7.84. The van der Waals surface area contributed by atoms with Gasteiger partial charge < -0.3 is 9.52 Å². The molecule has 0 atom stereocenters. The Bertz CT molecular complexity index is 1180. The van der Waals surface area contributed by atoms with E-state index >= 15 is 0 Å². The molecule has 0 saturated heterocycles. The molecule has 1 aromatic heterocycles. The maximum absolute atomic E-state index is 10.0. The van der Waals surface area contributed by atoms with Crippen molar-refractivity contribution >= 4 is 57.8 Å². The summed E-state index contributed by atoms with van der Waals surface area (Å²) in [6, 6.07) is 16.0. The fraction of sp³-hybridized carbons (Fsp3) is 0.0476. The van der Waals surface area contributed by atoms with Crippen molar-refractivity contribution in [1.82, 2.24) is 4.98 Å². The fourth-order valence-electron chi connectivity index (χ4n) is 2.72. The highest BCUT2D eigenvalue weighted by Gasteiger charge is 2.09. The van der Waals surface area contributed by atoms with Crippen molar-refractivity contribution < 1.29 is 9.52 Å². The van der Waals surface area contributed by atoms with Crippen LogP contribution < -0.4 is 0 Å². The molecule has 1 N–H and O–H groups in total. The lowest BCUT2D eigenvalue weighted by Crippen LogP contribution is -1.87. The number of nitrogens with zero attached hydrogens (tertiary/aromatic N) is 2. The Morgan fingerprint density at radius 1 is 0.964 bits per heavy atom. The summed E-state index contributed by atoms with van der Waals surface area (Å²) in [4.78, 5) is 8.90. The highest BCUT2D eigenvalue weighted by molar-refractivity contribution is 6.36. The average molecular weight is 432 g/mol. The third-order valence-electron chi connectivity index (χ3n) is 4.09. The molecule has 4 nitrogen and oxygen atoms in total. The number of fused-ring (bicyclic) bond motifs is 1. The quantitative estimate of drug-likeness (QED) is 0.360. The number of hydrogen-bond acceptors (Lipinski definition) is 4. The van der Waals surface area contributed by atoms with E-state index in [2.05, 4.69) is 9.98 Å². The predicted molar refractivity (Wildman–Crippen MR) is 114 cm³/mol. The molecule has 4 aromatic rings. The number of aromatic hydroxyl groups is 1. The molecular weight excluding hydrogens is 419 g/mol. The fourth-order valence-corrected chi connectivity index (χ4v) is 3.36. The smallest absolute Gasteiger partial charge is 0.199 e. The highest BCUT2D eigenvalue weighted by atomic mass is 35.5. The van der Waals surface area contributed by atoms with E-state index in [1.165, 1.54) is 12.3 Å². The molecule has 0 spiro atoms. The maximum Gasteiger partial charge on any atom is 0.199 e. The van der Waals surface area contributed by atoms with Crippen LogP contribution in [0.5, 0.6) is 5.75 Å². The molecule has 28 heavy (non-hydrogen) atoms. The average Bonchev–Trinajstić information content (AvgIpc) is 3.07. The first-order valence-corrected chi connectivity index (χ1v) is 9.47. The second-order valence-corrected chi connectivity index (χ2v) is 7.43. The van der Waals surface area contributed by atoms with Crippen LogP contribution in [0.4, 0.5) is 5.69 Å². The zero-order valence-electron chi connectivity index (χ0n) is 14.4. The molecule has 0 fully saturated rings. The van der Waals surface area contributed by atoms with E-state index in [0.29, 0.717) is 44.7 Å². The van der Waals surface area contributed by atoms with E-state index in [-0.39, 0.29) is 10.8 Å². The van der Waals surface area contributed by atoms with Gasteiger partial charge in [0, 0.05) is 28.2 Å². The molecule has 4 rings (SSSR count). The summed E-state index contributed by atoms with van der Waals surface area (Å²) in [6.07, 6.45) is 2.07. The van der Waals surface area contributed by atoms with Crippen LogP contribution in [0.25, 0.3) is 11.1 Å². The lowest BCUT2D eigenvalue weighted by Gasteiger charge is -2.02. The molecule has 0 aliphatic heterocycles. The Labute approximate surface area is 176 Å². The van der Waals surface area contributed by atoms with Gasteiger partial charge in [-0.05, 0) is 48.0 Å². The molecule has 0 saturated carbocycles. The molecule has 1 heterocycles. The number of benzene rings is 3. The van der Waals surface area contributed by atoms with Crippen LogP contribution in [0.3, 0.4) is 0 Å². The van der Waals surface area contributed by atoms with Gasteiger partial charge in [-0.15, -0.1) is 0 Å². The van der Waals surface area contributed by atoms with E-state index < -0.39 is 0 Å². The van der Waals surface area contributed by atoms with Gasteiger partial charge in [0.2, 0.25) is 0 Å². The zero-order chi connectivity index (χ0) is 19.7. The van der Waals surface area contributed by atoms with Crippen molar-refractivity contribution in [2.75, 3.05) is 0 Å². The van der Waals surface area contributed by atoms with Crippen LogP contribution in [-0.2, 0) is 6.42 Å². The van der Waals surface area contributed by atoms with Gasteiger partial charge in [-0.2, -0.15) is 0 Å². The summed E-state index contributed by atoms with van der Waals surface area (Å²) < 4.78 is 5.80. The van der Waals surface area contributed by atoms with Crippen molar-refractivity contribution in [3.63, 3.8) is 0 Å². The Balaban J connectivity index is 1.59. The Morgan fingerprint density at radius 2 is 1.75 bits per heavy atom. The van der Waals surface area contributed by atoms with Crippen molar-refractivity contribution in [2.24, 2.45) is 4.99 Å². The highest BCUT2D eigenvalue weighted by Crippen LogP contribution is 2.31. The predicted octanol–water partition coefficient (Wildman–Crippen LogP) is 6.84. The molecule has 0 amide bonds. The Morgan fingerprint density at radius 3 is 2.54 bits per heavy atom. The van der Waals surface area contributed by atoms with Crippen molar-refractivity contribution in [3.8, 4) is 5.75 Å². The topological polar surface area (TPSA) is 58.6 Å². The first kappa shape index (κ1) is 18.8. The molecular formula is C21H13Cl3N2O2. The molecule has 0 radical (unpaired) electrons. The lowest BCUT2D eigenvalue weighted by atomic mass is 10.1. The van der Waals surface area contributed by atoms with Gasteiger partial charge >= 0.3 is 0 Å². The zero-order valence-corrected chi connectivity index (χ0v) is 16.6. The molecule has 0 unspecified atom stereocenters. The van der Waals surface area contributed by atoms with Gasteiger partial charge in [0.05, 0.1) is 10.7 Å². The monoisotopic (exact) mass is 430 g/mol. The standard InChI is InChI=1S/C21H13Cl3N2O2/c22-14-3-1-12(2-4-14)7-20-26-18-10-16(5-6-19(18)28-20)25-11-13-8-15(23)9-17(24)21(13)27/h1-6,8-11,27H,7H2. The first-order valence-electron chi connectivity index (χ1n) is 8.34. The van der Waals surface area contributed by atoms with Crippen molar-refractivity contribution in [3.05, 3.63) is 86.7 Å². The molecule has 0 aliphatic rings. The summed E-state index contributed by atoms with van der Waals surface area (Å²) in [6.45, 7) is 0. The number of hydrogen-bond donors (Lipinski definition) is 1. The van der Waals surface area contributed by atoms with Gasteiger partial charge in [-0.1, -0.05) is 46.9 Å². The number of oxazole rings is 1. The summed E-state index contributed by atoms with van der Waals surface area (Å²) in [5.74, 6) is 0.542. The van der Waals surface area contributed by atoms with Gasteiger partial charge in [0.15, 0.2) is 11.5 Å². The largest absolute Gasteiger partial charge is 0.506 e. The summed E-state index contributed by atoms with van der Waals surface area (Å²) in [7, 11) is 0. The van der Waals surface area contributed by atoms with E-state index in [1.54, 1.807) is 12.1 Å². The second-order valence-electron chi connectivity index (χ2n) is 6.15. The molecule has 140 valence electrons. The van der Waals surface area contributed by atoms with Crippen LogP contribution in [0, 0.1) is 0 Å². The van der Waals surface area contributed by atoms with Crippen LogP contribution in [0.1, 0.15) is 17.0 Å². The van der Waals surface area contributed by atoms with Crippen LogP contribution in [0.2, 0.25) is 15.1 Å². The van der Waals surface area contributed by atoms with Crippen molar-refractivity contribution in [2.45, 2.75) is 6.42 Å². The third-order valence-corrected chi connectivity index (χ3v) is 4.85. The Kier molecular flexibility index (Phi) is 5.27. The molecule has 0 bridgehead atoms. The van der Waals surface area contributed by atoms with E-state index in [0.717, 1.165) is 5.56 Å². The van der Waals surface area contributed by atoms with Gasteiger partial charge in [-0.25, -0.2) is 4.98 Å². The lowest BCUT2D eigenvalue weighted by molar-refractivity contribution is 0.475. The minimum absolute atomic E-state index is 0.0671. The van der Waals surface area contributed by atoms with Gasteiger partial charge in [0.25, 0.3) is 0 Å². The number of phenolic OH excluding ortho intramolecular Hbond substituents is 1. The minimum Gasteiger partial charge on any atom is -0.506 e. The molecule has 3 aromatic carbocycles. The van der Waals surface area contributed by atoms with E-state index in [9.17, 15) is 5.11 Å². The minimum atomic E-state index is -0.0671. The van der Waals surface area contributed by atoms with E-state index in [4.69, 9.17) is 39.2 Å². The first-order chi connectivity index (χ1) is 13.5. The number of aliphatic imine (C=N–C) groups is 1. The van der Waals surface area contributed by atoms with Crippen LogP contribution >= 0.6 is 34.8 Å². The number of rotatable bonds is 4. The van der Waals surface area contributed by atoms with Crippen LogP contribution in [-0.4, -0.2) is 16.3 Å². The normalized spacial score (nSPS) is 11.5. The number of aromatic nitrogens is 1. The summed E-state index contributed by atoms with van der Waals surface area (Å²) in [5, 5.41) is 11.3. The van der Waals surface area contributed by atoms with E-state index in [1.807, 2.05) is 36.4 Å². The number of halogens is 3. The van der Waals surface area contributed by atoms with Crippen molar-refractivity contribution in [1.29, 1.82) is 0 Å². The summed E-state index contributed by atoms with van der Waals surface area (Å²) in [5.41, 5.74) is 3.53. The Hall–Kier alpha value is -2.53. The summed E-state index contributed by atoms with van der Waals surface area (Å²) >= 11 is 17.8. The third kappa shape index (κ3) is 4.14. The van der Waals surface area contributed by atoms with Gasteiger partial charge in [0.1, 0.15) is 11.3 Å². The van der Waals surface area contributed by atoms with Gasteiger partial charge in [-0.3, -0.25) is 4.99 Å². The van der Waals surface area contributed by atoms with Crippen LogP contribution in [0.15, 0.2) is 64.0 Å². The molecule has 7 heteroatoms. The number of phenols is 1.